The zero-order valence-corrected chi connectivity index (χ0v) is 20.3. The maximum absolute atomic E-state index is 2.34. The van der Waals surface area contributed by atoms with Crippen molar-refractivity contribution in [2.75, 3.05) is 4.90 Å². The summed E-state index contributed by atoms with van der Waals surface area (Å²) in [7, 11) is 0. The molecule has 6 aromatic rings. The summed E-state index contributed by atoms with van der Waals surface area (Å²) in [6.45, 7) is 2.15. The van der Waals surface area contributed by atoms with Crippen LogP contribution < -0.4 is 4.90 Å². The van der Waals surface area contributed by atoms with Gasteiger partial charge in [0, 0.05) is 17.1 Å². The minimum absolute atomic E-state index is 1.13. The lowest BCUT2D eigenvalue weighted by molar-refractivity contribution is 1.29. The number of fused-ring (bicyclic) bond motifs is 1. The van der Waals surface area contributed by atoms with Gasteiger partial charge in [0.05, 0.1) is 0 Å². The fourth-order valence-corrected chi connectivity index (χ4v) is 4.81. The zero-order chi connectivity index (χ0) is 24.3. The number of rotatable bonds is 5. The first-order valence-corrected chi connectivity index (χ1v) is 12.4. The molecule has 0 amide bonds. The Morgan fingerprint density at radius 3 is 1.33 bits per heavy atom. The normalized spacial score (nSPS) is 10.9. The van der Waals surface area contributed by atoms with Crippen molar-refractivity contribution in [2.45, 2.75) is 6.92 Å². The second-order valence-corrected chi connectivity index (χ2v) is 9.20. The molecule has 0 aliphatic rings. The Morgan fingerprint density at radius 1 is 0.361 bits per heavy atom. The van der Waals surface area contributed by atoms with Gasteiger partial charge in [0.2, 0.25) is 0 Å². The summed E-state index contributed by atoms with van der Waals surface area (Å²) < 4.78 is 0. The molecule has 36 heavy (non-hydrogen) atoms. The lowest BCUT2D eigenvalue weighted by Crippen LogP contribution is -2.09. The molecule has 0 radical (unpaired) electrons. The minimum atomic E-state index is 1.13. The maximum Gasteiger partial charge on any atom is 0.0468 e. The van der Waals surface area contributed by atoms with Gasteiger partial charge in [0.1, 0.15) is 0 Å². The van der Waals surface area contributed by atoms with E-state index in [1.54, 1.807) is 0 Å². The van der Waals surface area contributed by atoms with Gasteiger partial charge in [-0.2, -0.15) is 0 Å². The molecular weight excluding hydrogens is 434 g/mol. The number of hydrogen-bond acceptors (Lipinski definition) is 1. The van der Waals surface area contributed by atoms with Crippen molar-refractivity contribution in [2.24, 2.45) is 0 Å². The van der Waals surface area contributed by atoms with Gasteiger partial charge in [-0.05, 0) is 76.3 Å². The highest BCUT2D eigenvalue weighted by Gasteiger charge is 2.14. The van der Waals surface area contributed by atoms with Crippen molar-refractivity contribution in [3.63, 3.8) is 0 Å². The van der Waals surface area contributed by atoms with E-state index < -0.39 is 0 Å². The number of benzene rings is 6. The molecule has 0 spiro atoms. The molecule has 1 heteroatoms. The zero-order valence-electron chi connectivity index (χ0n) is 20.3. The van der Waals surface area contributed by atoms with Crippen LogP contribution in [0.2, 0.25) is 0 Å². The average molecular weight is 462 g/mol. The van der Waals surface area contributed by atoms with Crippen molar-refractivity contribution in [3.8, 4) is 22.3 Å². The van der Waals surface area contributed by atoms with E-state index in [9.17, 15) is 0 Å². The second-order valence-electron chi connectivity index (χ2n) is 9.20. The standard InChI is InChI=1S/C35H27N/c1-26-12-13-31-18-23-35(25-32(31)24-26)36(33-19-14-29(15-20-33)27-8-4-2-5-9-27)34-21-16-30(17-22-34)28-10-6-3-7-11-28/h2-25H,1H3. The fourth-order valence-electron chi connectivity index (χ4n) is 4.81. The lowest BCUT2D eigenvalue weighted by atomic mass is 10.0. The highest BCUT2D eigenvalue weighted by atomic mass is 15.1. The van der Waals surface area contributed by atoms with Crippen molar-refractivity contribution < 1.29 is 0 Å². The first-order chi connectivity index (χ1) is 17.7. The van der Waals surface area contributed by atoms with Crippen molar-refractivity contribution >= 4 is 27.8 Å². The highest BCUT2D eigenvalue weighted by Crippen LogP contribution is 2.38. The number of anilines is 3. The SMILES string of the molecule is Cc1ccc2ccc(N(c3ccc(-c4ccccc4)cc3)c3ccc(-c4ccccc4)cc3)cc2c1. The molecule has 0 unspecified atom stereocenters. The number of aryl methyl sites for hydroxylation is 1. The van der Waals surface area contributed by atoms with Crippen molar-refractivity contribution in [3.05, 3.63) is 151 Å². The van der Waals surface area contributed by atoms with Gasteiger partial charge < -0.3 is 4.90 Å². The van der Waals surface area contributed by atoms with Crippen molar-refractivity contribution in [1.29, 1.82) is 0 Å². The topological polar surface area (TPSA) is 3.24 Å². The van der Waals surface area contributed by atoms with Gasteiger partial charge in [0.25, 0.3) is 0 Å². The summed E-state index contributed by atoms with van der Waals surface area (Å²) in [5.74, 6) is 0. The summed E-state index contributed by atoms with van der Waals surface area (Å²) in [6.07, 6.45) is 0. The molecule has 172 valence electrons. The van der Waals surface area contributed by atoms with Gasteiger partial charge in [-0.15, -0.1) is 0 Å². The molecule has 0 saturated heterocycles. The van der Waals surface area contributed by atoms with Crippen LogP contribution >= 0.6 is 0 Å². The van der Waals surface area contributed by atoms with Gasteiger partial charge >= 0.3 is 0 Å². The highest BCUT2D eigenvalue weighted by molar-refractivity contribution is 5.90. The minimum Gasteiger partial charge on any atom is -0.310 e. The van der Waals surface area contributed by atoms with Gasteiger partial charge in [-0.3, -0.25) is 0 Å². The van der Waals surface area contributed by atoms with Gasteiger partial charge in [-0.25, -0.2) is 0 Å². The van der Waals surface area contributed by atoms with Gasteiger partial charge in [-0.1, -0.05) is 115 Å². The summed E-state index contributed by atoms with van der Waals surface area (Å²) in [4.78, 5) is 2.34. The third-order valence-electron chi connectivity index (χ3n) is 6.70. The van der Waals surface area contributed by atoms with Gasteiger partial charge in [0.15, 0.2) is 0 Å². The first kappa shape index (κ1) is 21.9. The molecule has 0 bridgehead atoms. The van der Waals surface area contributed by atoms with Crippen LogP contribution in [0.3, 0.4) is 0 Å². The quantitative estimate of drug-likeness (QED) is 0.247. The molecule has 1 nitrogen and oxygen atoms in total. The van der Waals surface area contributed by atoms with Crippen LogP contribution in [0.25, 0.3) is 33.0 Å². The average Bonchev–Trinajstić information content (AvgIpc) is 2.95. The van der Waals surface area contributed by atoms with Crippen LogP contribution in [0.15, 0.2) is 146 Å². The molecule has 0 atom stereocenters. The second kappa shape index (κ2) is 9.56. The summed E-state index contributed by atoms with van der Waals surface area (Å²) in [5.41, 5.74) is 9.57. The van der Waals surface area contributed by atoms with Crippen molar-refractivity contribution in [1.82, 2.24) is 0 Å². The predicted molar refractivity (Wildman–Crippen MR) is 154 cm³/mol. The van der Waals surface area contributed by atoms with E-state index in [-0.39, 0.29) is 0 Å². The van der Waals surface area contributed by atoms with Crippen LogP contribution in [0, 0.1) is 6.92 Å². The largest absolute Gasteiger partial charge is 0.310 e. The Labute approximate surface area is 212 Å². The molecule has 0 heterocycles. The Balaban J connectivity index is 1.44. The predicted octanol–water partition coefficient (Wildman–Crippen LogP) is 9.95. The maximum atomic E-state index is 2.34. The lowest BCUT2D eigenvalue weighted by Gasteiger charge is -2.26. The van der Waals surface area contributed by atoms with Crippen LogP contribution in [-0.2, 0) is 0 Å². The fraction of sp³-hybridized carbons (Fsp3) is 0.0286. The van der Waals surface area contributed by atoms with Crippen LogP contribution in [0.1, 0.15) is 5.56 Å². The Morgan fingerprint density at radius 2 is 0.806 bits per heavy atom. The smallest absolute Gasteiger partial charge is 0.0468 e. The third-order valence-corrected chi connectivity index (χ3v) is 6.70. The van der Waals surface area contributed by atoms with E-state index >= 15 is 0 Å². The Bertz CT molecular complexity index is 1520. The van der Waals surface area contributed by atoms with E-state index in [1.165, 1.54) is 38.6 Å². The van der Waals surface area contributed by atoms with Crippen LogP contribution in [0.4, 0.5) is 17.1 Å². The number of nitrogens with zero attached hydrogens (tertiary/aromatic N) is 1. The molecule has 0 aromatic heterocycles. The number of hydrogen-bond donors (Lipinski definition) is 0. The first-order valence-electron chi connectivity index (χ1n) is 12.4. The molecule has 0 aliphatic heterocycles. The summed E-state index contributed by atoms with van der Waals surface area (Å²) >= 11 is 0. The summed E-state index contributed by atoms with van der Waals surface area (Å²) in [5, 5.41) is 2.50. The Hall–Kier alpha value is -4.62. The Kier molecular flexibility index (Phi) is 5.81. The molecule has 0 N–H and O–H groups in total. The van der Waals surface area contributed by atoms with E-state index in [4.69, 9.17) is 0 Å². The third kappa shape index (κ3) is 4.39. The molecule has 0 saturated carbocycles. The molecule has 6 rings (SSSR count). The van der Waals surface area contributed by atoms with E-state index in [2.05, 4.69) is 157 Å². The monoisotopic (exact) mass is 461 g/mol. The molecular formula is C35H27N. The van der Waals surface area contributed by atoms with E-state index in [0.29, 0.717) is 0 Å². The van der Waals surface area contributed by atoms with E-state index in [0.717, 1.165) is 17.1 Å². The van der Waals surface area contributed by atoms with Crippen LogP contribution in [-0.4, -0.2) is 0 Å². The molecule has 0 aliphatic carbocycles. The summed E-state index contributed by atoms with van der Waals surface area (Å²) in [6, 6.07) is 52.1. The molecule has 6 aromatic carbocycles. The van der Waals surface area contributed by atoms with E-state index in [1.807, 2.05) is 0 Å². The molecule has 0 fully saturated rings. The van der Waals surface area contributed by atoms with Crippen LogP contribution in [0.5, 0.6) is 0 Å².